The van der Waals surface area contributed by atoms with E-state index >= 15 is 0 Å². The molecule has 1 unspecified atom stereocenters. The number of aliphatic hydroxyl groups is 1. The summed E-state index contributed by atoms with van der Waals surface area (Å²) < 4.78 is 11.6. The number of nitrogens with one attached hydrogen (secondary N) is 1. The van der Waals surface area contributed by atoms with Crippen LogP contribution in [0.5, 0.6) is 0 Å². The Balaban J connectivity index is 3.26. The summed E-state index contributed by atoms with van der Waals surface area (Å²) in [5.41, 5.74) is 1.55. The van der Waals surface area contributed by atoms with Crippen molar-refractivity contribution in [1.82, 2.24) is 5.32 Å². The number of hydrogen-bond acceptors (Lipinski definition) is 17. The molecule has 8 nitrogen and oxygen atoms in total. The predicted molar refractivity (Wildman–Crippen MR) is 183 cm³/mol. The number of carbonyl (C=O) groups excluding carboxylic acids is 1. The second-order valence-electron chi connectivity index (χ2n) is 5.47. The number of amides is 1. The van der Waals surface area contributed by atoms with Crippen LogP contribution in [-0.2, 0) is 20.6 Å². The zero-order chi connectivity index (χ0) is 26.4. The van der Waals surface area contributed by atoms with Crippen molar-refractivity contribution < 1.29 is 23.9 Å². The van der Waals surface area contributed by atoms with Crippen molar-refractivity contribution in [3.8, 4) is 0 Å². The van der Waals surface area contributed by atoms with Gasteiger partial charge in [0.25, 0.3) is 5.24 Å². The molecule has 0 aromatic rings. The molecule has 212 valence electrons. The maximum absolute atomic E-state index is 11.8. The molecule has 0 saturated carbocycles. The smallest absolute Gasteiger partial charge is 0.280 e. The molecule has 2 N–H and O–H groups in total. The van der Waals surface area contributed by atoms with Gasteiger partial charge in [-0.3, -0.25) is 14.0 Å². The molecule has 0 rings (SSSR count). The Hall–Kier alpha value is 2.18. The molecule has 0 spiro atoms. The molecule has 0 bridgehead atoms. The summed E-state index contributed by atoms with van der Waals surface area (Å²) in [4.78, 5) is 29.1. The van der Waals surface area contributed by atoms with Crippen LogP contribution in [0.3, 0.4) is 0 Å². The molecule has 36 heavy (non-hydrogen) atoms. The van der Waals surface area contributed by atoms with E-state index in [-0.39, 0.29) is 18.5 Å². The van der Waals surface area contributed by atoms with E-state index < -0.39 is 10.8 Å². The molecule has 0 heterocycles. The highest BCUT2D eigenvalue weighted by molar-refractivity contribution is 8.30. The first-order valence-corrected chi connectivity index (χ1v) is 23.0. The van der Waals surface area contributed by atoms with E-state index in [2.05, 4.69) is 25.1 Å². The minimum atomic E-state index is -0.972. The fourth-order valence-corrected chi connectivity index (χ4v) is 13.1. The fourth-order valence-electron chi connectivity index (χ4n) is 1.42. The van der Waals surface area contributed by atoms with Crippen molar-refractivity contribution in [2.24, 2.45) is 9.98 Å². The molecular formula is C17H33N3O5S11. The van der Waals surface area contributed by atoms with Crippen LogP contribution in [0.1, 0.15) is 0 Å². The Kier molecular flexibility index (Phi) is 35.4. The first-order valence-electron chi connectivity index (χ1n) is 9.96. The van der Waals surface area contributed by atoms with Gasteiger partial charge >= 0.3 is 0 Å². The van der Waals surface area contributed by atoms with Gasteiger partial charge in [0.05, 0.1) is 45.7 Å². The minimum Gasteiger partial charge on any atom is -0.394 e. The summed E-state index contributed by atoms with van der Waals surface area (Å²) in [6, 6.07) is 0. The lowest BCUT2D eigenvalue weighted by molar-refractivity contribution is -0.221. The van der Waals surface area contributed by atoms with Gasteiger partial charge in [0.15, 0.2) is 0 Å². The number of aliphatic imine (C=N–C) groups is 2. The third-order valence-electron chi connectivity index (χ3n) is 2.71. The van der Waals surface area contributed by atoms with Crippen LogP contribution in [-0.4, -0.2) is 104 Å². The summed E-state index contributed by atoms with van der Waals surface area (Å²) >= 11 is 17.1. The number of rotatable bonds is 27. The largest absolute Gasteiger partial charge is 0.394 e. The Labute approximate surface area is 260 Å². The lowest BCUT2D eigenvalue weighted by atomic mass is 10.8. The van der Waals surface area contributed by atoms with Crippen LogP contribution in [0.15, 0.2) is 9.98 Å². The average Bonchev–Trinajstić information content (AvgIpc) is 2.87. The lowest BCUT2D eigenvalue weighted by Gasteiger charge is -2.05. The van der Waals surface area contributed by atoms with Gasteiger partial charge in [0, 0.05) is 35.6 Å². The Bertz CT molecular complexity index is 582. The van der Waals surface area contributed by atoms with Gasteiger partial charge in [-0.05, 0) is 6.26 Å². The Morgan fingerprint density at radius 2 is 1.53 bits per heavy atom. The zero-order valence-electron chi connectivity index (χ0n) is 19.8. The molecule has 0 aliphatic carbocycles. The van der Waals surface area contributed by atoms with Gasteiger partial charge in [0.1, 0.15) is 6.61 Å². The summed E-state index contributed by atoms with van der Waals surface area (Å²) in [5.74, 6) is 1.90. The molecule has 0 radical (unpaired) electrons. The van der Waals surface area contributed by atoms with E-state index in [1.165, 1.54) is 18.2 Å². The SMILES string of the molecule is CSC/N=C/S(=O)CSCSCSCSCSC(=O)NCSCSCSCSC/N=C/OOCCO. The third kappa shape index (κ3) is 32.4. The molecule has 0 aromatic carbocycles. The summed E-state index contributed by atoms with van der Waals surface area (Å²) in [5, 5.41) is 18.6. The van der Waals surface area contributed by atoms with Crippen molar-refractivity contribution in [1.29, 1.82) is 0 Å². The molecule has 0 fully saturated rings. The quantitative estimate of drug-likeness (QED) is 0.0262. The van der Waals surface area contributed by atoms with Crippen LogP contribution >= 0.6 is 118 Å². The monoisotopic (exact) mass is 711 g/mol. The second-order valence-corrected chi connectivity index (χ2v) is 19.3. The van der Waals surface area contributed by atoms with Crippen LogP contribution in [0.4, 0.5) is 4.79 Å². The standard InChI is InChI=1S/C17H33N3O5S11/c1-26-5-19-8-36(23)16-34-14-32-12-31-13-33-15-35-17(22)20-7-28-10-30-11-29-9-27-6-18-4-25-24-3-2-21/h4,8,21H,2-3,5-7,9-16H2,1H3,(H,20,22)/b18-4+,19-8+. The number of hydrogen-bond donors (Lipinski definition) is 2. The van der Waals surface area contributed by atoms with Crippen LogP contribution < -0.4 is 5.32 Å². The molecule has 1 amide bonds. The highest BCUT2D eigenvalue weighted by atomic mass is 32.3. The molecule has 1 atom stereocenters. The average molecular weight is 712 g/mol. The highest BCUT2D eigenvalue weighted by Crippen LogP contribution is 2.24. The van der Waals surface area contributed by atoms with Crippen molar-refractivity contribution in [2.75, 3.05) is 77.8 Å². The van der Waals surface area contributed by atoms with Gasteiger partial charge in [-0.15, -0.1) is 106 Å². The molecule has 19 heteroatoms. The van der Waals surface area contributed by atoms with Crippen molar-refractivity contribution in [3.63, 3.8) is 0 Å². The molecule has 0 aromatic heterocycles. The van der Waals surface area contributed by atoms with Crippen molar-refractivity contribution >= 4 is 146 Å². The van der Waals surface area contributed by atoms with Crippen LogP contribution in [0.25, 0.3) is 0 Å². The first-order chi connectivity index (χ1) is 17.7. The maximum Gasteiger partial charge on any atom is 0.280 e. The van der Waals surface area contributed by atoms with E-state index in [4.69, 9.17) is 5.11 Å². The molecule has 0 aliphatic rings. The number of carbonyl (C=O) groups is 1. The van der Waals surface area contributed by atoms with E-state index in [1.807, 2.05) is 53.3 Å². The summed E-state index contributed by atoms with van der Waals surface area (Å²) in [6.45, 7) is 0.0521. The van der Waals surface area contributed by atoms with Gasteiger partial charge in [-0.1, -0.05) is 11.8 Å². The molecular weight excluding hydrogens is 679 g/mol. The normalized spacial score (nSPS) is 12.5. The maximum atomic E-state index is 11.8. The van der Waals surface area contributed by atoms with Crippen LogP contribution in [0.2, 0.25) is 0 Å². The second kappa shape index (κ2) is 33.4. The number of aliphatic hydroxyl groups excluding tert-OH is 1. The van der Waals surface area contributed by atoms with Gasteiger partial charge in [-0.2, -0.15) is 4.89 Å². The van der Waals surface area contributed by atoms with Gasteiger partial charge < -0.3 is 15.3 Å². The number of thioether (sulfide) groups is 10. The fraction of sp³-hybridized carbons (Fsp3) is 0.824. The summed E-state index contributed by atoms with van der Waals surface area (Å²) in [6.07, 6.45) is 3.21. The predicted octanol–water partition coefficient (Wildman–Crippen LogP) is 5.94. The minimum absolute atomic E-state index is 0.0296. The van der Waals surface area contributed by atoms with E-state index in [1.54, 1.807) is 64.4 Å². The topological polar surface area (TPSA) is 110 Å². The molecule has 0 saturated heterocycles. The van der Waals surface area contributed by atoms with Crippen molar-refractivity contribution in [2.45, 2.75) is 0 Å². The highest BCUT2D eigenvalue weighted by Gasteiger charge is 2.02. The van der Waals surface area contributed by atoms with Crippen molar-refractivity contribution in [3.05, 3.63) is 0 Å². The summed E-state index contributed by atoms with van der Waals surface area (Å²) in [7, 11) is -0.972. The lowest BCUT2D eigenvalue weighted by Crippen LogP contribution is -2.17. The van der Waals surface area contributed by atoms with Gasteiger partial charge in [-0.25, -0.2) is 4.99 Å². The zero-order valence-corrected chi connectivity index (χ0v) is 28.8. The third-order valence-corrected chi connectivity index (χ3v) is 15.3. The Morgan fingerprint density at radius 3 is 2.22 bits per heavy atom. The molecule has 0 aliphatic heterocycles. The Morgan fingerprint density at radius 1 is 0.889 bits per heavy atom. The van der Waals surface area contributed by atoms with E-state index in [0.29, 0.717) is 22.7 Å². The van der Waals surface area contributed by atoms with E-state index in [9.17, 15) is 9.00 Å². The van der Waals surface area contributed by atoms with Gasteiger partial charge in [0.2, 0.25) is 6.40 Å². The number of nitrogens with zero attached hydrogens (tertiary/aromatic N) is 2. The van der Waals surface area contributed by atoms with Crippen LogP contribution in [0, 0.1) is 0 Å². The van der Waals surface area contributed by atoms with E-state index in [0.717, 1.165) is 35.6 Å². The first kappa shape index (κ1) is 38.2.